The summed E-state index contributed by atoms with van der Waals surface area (Å²) in [6.07, 6.45) is 0. The number of imidazole rings is 1. The lowest BCUT2D eigenvalue weighted by atomic mass is 10.2. The molecule has 0 fully saturated rings. The maximum atomic E-state index is 6.02. The van der Waals surface area contributed by atoms with Gasteiger partial charge in [0, 0.05) is 17.3 Å². The molecule has 1 heterocycles. The van der Waals surface area contributed by atoms with Gasteiger partial charge in [-0.1, -0.05) is 35.5 Å². The van der Waals surface area contributed by atoms with Crippen molar-refractivity contribution in [3.63, 3.8) is 0 Å². The molecule has 0 saturated carbocycles. The van der Waals surface area contributed by atoms with E-state index in [1.54, 1.807) is 11.8 Å². The van der Waals surface area contributed by atoms with Gasteiger partial charge in [0.15, 0.2) is 5.16 Å². The normalized spacial score (nSPS) is 11.1. The van der Waals surface area contributed by atoms with Gasteiger partial charge in [0.25, 0.3) is 0 Å². The van der Waals surface area contributed by atoms with Crippen molar-refractivity contribution in [2.75, 3.05) is 12.4 Å². The first-order valence-electron chi connectivity index (χ1n) is 7.66. The molecule has 0 radical (unpaired) electrons. The van der Waals surface area contributed by atoms with Crippen LogP contribution in [0.15, 0.2) is 47.6 Å². The highest BCUT2D eigenvalue weighted by molar-refractivity contribution is 7.99. The van der Waals surface area contributed by atoms with Gasteiger partial charge >= 0.3 is 0 Å². The third kappa shape index (κ3) is 3.65. The van der Waals surface area contributed by atoms with E-state index in [4.69, 9.17) is 21.3 Å². The predicted octanol–water partition coefficient (Wildman–Crippen LogP) is 5.19. The Morgan fingerprint density at radius 3 is 2.83 bits per heavy atom. The van der Waals surface area contributed by atoms with E-state index in [1.165, 1.54) is 5.52 Å². The van der Waals surface area contributed by atoms with Crippen LogP contribution in [0.2, 0.25) is 5.02 Å². The highest BCUT2D eigenvalue weighted by atomic mass is 35.5. The lowest BCUT2D eigenvalue weighted by molar-refractivity contribution is 0.343. The summed E-state index contributed by atoms with van der Waals surface area (Å²) in [4.78, 5) is 4.71. The molecular formula is C18H19ClN2OS. The van der Waals surface area contributed by atoms with Gasteiger partial charge in [0.2, 0.25) is 0 Å². The Hall–Kier alpha value is -1.65. The largest absolute Gasteiger partial charge is 0.493 e. The highest BCUT2D eigenvalue weighted by Gasteiger charge is 2.09. The van der Waals surface area contributed by atoms with Gasteiger partial charge in [-0.2, -0.15) is 0 Å². The summed E-state index contributed by atoms with van der Waals surface area (Å²) in [5.41, 5.74) is 3.27. The van der Waals surface area contributed by atoms with E-state index < -0.39 is 0 Å². The molecule has 3 rings (SSSR count). The molecule has 120 valence electrons. The van der Waals surface area contributed by atoms with E-state index in [0.29, 0.717) is 6.61 Å². The minimum Gasteiger partial charge on any atom is -0.493 e. The fourth-order valence-electron chi connectivity index (χ4n) is 2.47. The topological polar surface area (TPSA) is 27.1 Å². The van der Waals surface area contributed by atoms with Crippen molar-refractivity contribution in [1.82, 2.24) is 9.55 Å². The molecule has 0 aliphatic heterocycles. The number of rotatable bonds is 6. The van der Waals surface area contributed by atoms with Crippen LogP contribution in [0, 0.1) is 6.92 Å². The van der Waals surface area contributed by atoms with Gasteiger partial charge in [-0.3, -0.25) is 0 Å². The summed E-state index contributed by atoms with van der Waals surface area (Å²) in [6.45, 7) is 5.68. The lowest BCUT2D eigenvalue weighted by Gasteiger charge is -2.08. The maximum absolute atomic E-state index is 6.02. The molecule has 0 unspecified atom stereocenters. The fraction of sp³-hybridized carbons (Fsp3) is 0.278. The molecule has 0 bridgehead atoms. The monoisotopic (exact) mass is 346 g/mol. The number of hydrogen-bond donors (Lipinski definition) is 0. The summed E-state index contributed by atoms with van der Waals surface area (Å²) < 4.78 is 8.04. The third-order valence-corrected chi connectivity index (χ3v) is 5.01. The predicted molar refractivity (Wildman–Crippen MR) is 97.8 cm³/mol. The molecule has 2 aromatic carbocycles. The maximum Gasteiger partial charge on any atom is 0.169 e. The van der Waals surface area contributed by atoms with Crippen molar-refractivity contribution in [2.24, 2.45) is 0 Å². The quantitative estimate of drug-likeness (QED) is 0.454. The number of ether oxygens (including phenoxy) is 1. The van der Waals surface area contributed by atoms with Crippen LogP contribution in [0.1, 0.15) is 12.5 Å². The Morgan fingerprint density at radius 2 is 2.04 bits per heavy atom. The third-order valence-electron chi connectivity index (χ3n) is 3.65. The molecule has 0 amide bonds. The van der Waals surface area contributed by atoms with Crippen LogP contribution in [0.3, 0.4) is 0 Å². The summed E-state index contributed by atoms with van der Waals surface area (Å²) in [5, 5.41) is 1.81. The minimum absolute atomic E-state index is 0.638. The van der Waals surface area contributed by atoms with Crippen LogP contribution in [0.4, 0.5) is 0 Å². The second-order valence-corrected chi connectivity index (χ2v) is 6.70. The standard InChI is InChI=1S/C18H19ClN2OS/c1-3-21-17-7-5-4-6-16(17)20-18(21)23-11-10-22-14-8-9-15(19)13(2)12-14/h4-9,12H,3,10-11H2,1-2H3. The summed E-state index contributed by atoms with van der Waals surface area (Å²) in [6, 6.07) is 14.0. The van der Waals surface area contributed by atoms with Crippen LogP contribution in [-0.4, -0.2) is 21.9 Å². The van der Waals surface area contributed by atoms with E-state index >= 15 is 0 Å². The van der Waals surface area contributed by atoms with E-state index in [9.17, 15) is 0 Å². The summed E-state index contributed by atoms with van der Waals surface area (Å²) in [7, 11) is 0. The van der Waals surface area contributed by atoms with Crippen LogP contribution in [0.25, 0.3) is 11.0 Å². The molecule has 0 aliphatic rings. The molecule has 3 aromatic rings. The molecule has 3 nitrogen and oxygen atoms in total. The number of thioether (sulfide) groups is 1. The second kappa shape index (κ2) is 7.28. The Labute approximate surface area is 145 Å². The fourth-order valence-corrected chi connectivity index (χ4v) is 3.48. The zero-order valence-corrected chi connectivity index (χ0v) is 14.8. The van der Waals surface area contributed by atoms with Gasteiger partial charge in [0.1, 0.15) is 5.75 Å². The SMILES string of the molecule is CCn1c(SCCOc2ccc(Cl)c(C)c2)nc2ccccc21. The smallest absolute Gasteiger partial charge is 0.169 e. The van der Waals surface area contributed by atoms with Crippen LogP contribution in [-0.2, 0) is 6.54 Å². The number of para-hydroxylation sites is 2. The van der Waals surface area contributed by atoms with Crippen LogP contribution in [0.5, 0.6) is 5.75 Å². The van der Waals surface area contributed by atoms with Crippen molar-refractivity contribution in [3.8, 4) is 5.75 Å². The van der Waals surface area contributed by atoms with Crippen molar-refractivity contribution in [1.29, 1.82) is 0 Å². The van der Waals surface area contributed by atoms with Crippen molar-refractivity contribution >= 4 is 34.4 Å². The Balaban J connectivity index is 1.61. The number of benzene rings is 2. The molecular weight excluding hydrogens is 328 g/mol. The molecule has 5 heteroatoms. The van der Waals surface area contributed by atoms with Crippen molar-refractivity contribution in [2.45, 2.75) is 25.5 Å². The number of nitrogens with zero attached hydrogens (tertiary/aromatic N) is 2. The average Bonchev–Trinajstić information content (AvgIpc) is 2.92. The van der Waals surface area contributed by atoms with Gasteiger partial charge in [0.05, 0.1) is 17.6 Å². The Bertz CT molecular complexity index is 816. The number of fused-ring (bicyclic) bond motifs is 1. The first-order chi connectivity index (χ1) is 11.2. The average molecular weight is 347 g/mol. The minimum atomic E-state index is 0.638. The van der Waals surface area contributed by atoms with E-state index in [2.05, 4.69) is 29.7 Å². The van der Waals surface area contributed by atoms with E-state index in [1.807, 2.05) is 31.2 Å². The molecule has 23 heavy (non-hydrogen) atoms. The Kier molecular flexibility index (Phi) is 5.13. The number of halogens is 1. The number of aryl methyl sites for hydroxylation is 2. The van der Waals surface area contributed by atoms with Crippen LogP contribution < -0.4 is 4.74 Å². The van der Waals surface area contributed by atoms with Gasteiger partial charge < -0.3 is 9.30 Å². The Morgan fingerprint density at radius 1 is 1.22 bits per heavy atom. The number of aromatic nitrogens is 2. The van der Waals surface area contributed by atoms with Gasteiger partial charge in [-0.25, -0.2) is 4.98 Å². The second-order valence-electron chi connectivity index (χ2n) is 5.24. The van der Waals surface area contributed by atoms with Crippen molar-refractivity contribution < 1.29 is 4.74 Å². The molecule has 0 N–H and O–H groups in total. The molecule has 0 spiro atoms. The van der Waals surface area contributed by atoms with E-state index in [0.717, 1.165) is 39.3 Å². The first-order valence-corrected chi connectivity index (χ1v) is 9.02. The molecule has 0 atom stereocenters. The molecule has 0 aliphatic carbocycles. The van der Waals surface area contributed by atoms with E-state index in [-0.39, 0.29) is 0 Å². The lowest BCUT2D eigenvalue weighted by Crippen LogP contribution is -2.02. The zero-order chi connectivity index (χ0) is 16.2. The van der Waals surface area contributed by atoms with Gasteiger partial charge in [-0.15, -0.1) is 0 Å². The van der Waals surface area contributed by atoms with Crippen molar-refractivity contribution in [3.05, 3.63) is 53.1 Å². The first kappa shape index (κ1) is 16.2. The summed E-state index contributed by atoms with van der Waals surface area (Å²) in [5.74, 6) is 1.71. The van der Waals surface area contributed by atoms with Crippen LogP contribution >= 0.6 is 23.4 Å². The highest BCUT2D eigenvalue weighted by Crippen LogP contribution is 2.25. The molecule has 0 saturated heterocycles. The van der Waals surface area contributed by atoms with Gasteiger partial charge in [-0.05, 0) is 49.7 Å². The molecule has 1 aromatic heterocycles. The summed E-state index contributed by atoms with van der Waals surface area (Å²) >= 11 is 7.75. The number of hydrogen-bond acceptors (Lipinski definition) is 3. The zero-order valence-electron chi connectivity index (χ0n) is 13.3.